The van der Waals surface area contributed by atoms with E-state index in [1.54, 1.807) is 6.92 Å². The van der Waals surface area contributed by atoms with Gasteiger partial charge in [-0.3, -0.25) is 0 Å². The van der Waals surface area contributed by atoms with Gasteiger partial charge in [0.05, 0.1) is 25.8 Å². The SMILES string of the molecule is COC(=O)c1sc(NC(=S)N[C@@H](C)c2ccccc2)c(C(=O)OC)c1C. The van der Waals surface area contributed by atoms with Crippen LogP contribution in [0.4, 0.5) is 5.00 Å². The first-order chi connectivity index (χ1) is 12.4. The molecule has 1 heterocycles. The molecule has 6 nitrogen and oxygen atoms in total. The van der Waals surface area contributed by atoms with E-state index in [2.05, 4.69) is 10.6 Å². The summed E-state index contributed by atoms with van der Waals surface area (Å²) in [5, 5.41) is 6.93. The smallest absolute Gasteiger partial charge is 0.348 e. The minimum Gasteiger partial charge on any atom is -0.465 e. The predicted molar refractivity (Wildman–Crippen MR) is 106 cm³/mol. The molecular weight excluding hydrogens is 372 g/mol. The lowest BCUT2D eigenvalue weighted by atomic mass is 10.1. The van der Waals surface area contributed by atoms with Crippen LogP contribution in [0.5, 0.6) is 0 Å². The van der Waals surface area contributed by atoms with Gasteiger partial charge in [0, 0.05) is 0 Å². The molecule has 0 saturated carbocycles. The third-order valence-electron chi connectivity index (χ3n) is 3.78. The molecule has 1 atom stereocenters. The lowest BCUT2D eigenvalue weighted by Crippen LogP contribution is -2.31. The molecule has 8 heteroatoms. The normalized spacial score (nSPS) is 11.4. The Morgan fingerprint density at radius 2 is 1.73 bits per heavy atom. The van der Waals surface area contributed by atoms with Crippen LogP contribution >= 0.6 is 23.6 Å². The third kappa shape index (κ3) is 4.39. The van der Waals surface area contributed by atoms with Crippen molar-refractivity contribution in [3.8, 4) is 0 Å². The molecule has 2 rings (SSSR count). The highest BCUT2D eigenvalue weighted by Gasteiger charge is 2.26. The molecule has 1 aromatic carbocycles. The van der Waals surface area contributed by atoms with Gasteiger partial charge in [-0.15, -0.1) is 11.3 Å². The first-order valence-electron chi connectivity index (χ1n) is 7.81. The van der Waals surface area contributed by atoms with Crippen molar-refractivity contribution >= 4 is 45.6 Å². The largest absolute Gasteiger partial charge is 0.465 e. The number of methoxy groups -OCH3 is 2. The first-order valence-corrected chi connectivity index (χ1v) is 9.04. The lowest BCUT2D eigenvalue weighted by Gasteiger charge is -2.17. The van der Waals surface area contributed by atoms with Crippen LogP contribution in [-0.2, 0) is 9.47 Å². The highest BCUT2D eigenvalue weighted by molar-refractivity contribution is 7.80. The number of thiophene rings is 1. The Morgan fingerprint density at radius 3 is 2.31 bits per heavy atom. The molecule has 0 bridgehead atoms. The van der Waals surface area contributed by atoms with Crippen LogP contribution in [0, 0.1) is 6.92 Å². The number of benzene rings is 1. The zero-order valence-electron chi connectivity index (χ0n) is 14.9. The summed E-state index contributed by atoms with van der Waals surface area (Å²) in [6.45, 7) is 3.65. The van der Waals surface area contributed by atoms with Crippen LogP contribution in [0.15, 0.2) is 30.3 Å². The van der Waals surface area contributed by atoms with Crippen molar-refractivity contribution in [2.45, 2.75) is 19.9 Å². The topological polar surface area (TPSA) is 76.7 Å². The number of hydrogen-bond donors (Lipinski definition) is 2. The van der Waals surface area contributed by atoms with Crippen LogP contribution < -0.4 is 10.6 Å². The molecule has 0 saturated heterocycles. The number of anilines is 1. The molecular formula is C18H20N2O4S2. The van der Waals surface area contributed by atoms with Gasteiger partial charge in [-0.1, -0.05) is 30.3 Å². The molecule has 0 amide bonds. The monoisotopic (exact) mass is 392 g/mol. The number of ether oxygens (including phenoxy) is 2. The number of rotatable bonds is 5. The van der Waals surface area contributed by atoms with Gasteiger partial charge in [-0.25, -0.2) is 9.59 Å². The number of carbonyl (C=O) groups is 2. The van der Waals surface area contributed by atoms with Crippen molar-refractivity contribution in [3.05, 3.63) is 51.9 Å². The van der Waals surface area contributed by atoms with Gasteiger partial charge in [0.2, 0.25) is 0 Å². The quantitative estimate of drug-likeness (QED) is 0.594. The van der Waals surface area contributed by atoms with Crippen LogP contribution in [0.3, 0.4) is 0 Å². The summed E-state index contributed by atoms with van der Waals surface area (Å²) in [6.07, 6.45) is 0. The standard InChI is InChI=1S/C18H20N2O4S2/c1-10-13(16(21)23-3)15(26-14(10)17(22)24-4)20-18(25)19-11(2)12-8-6-5-7-9-12/h5-9,11H,1-4H3,(H2,19,20,25)/t11-/m0/s1. The van der Waals surface area contributed by atoms with Crippen molar-refractivity contribution in [1.29, 1.82) is 0 Å². The fourth-order valence-electron chi connectivity index (χ4n) is 2.40. The number of hydrogen-bond acceptors (Lipinski definition) is 6. The van der Waals surface area contributed by atoms with Crippen molar-refractivity contribution < 1.29 is 19.1 Å². The van der Waals surface area contributed by atoms with E-state index in [4.69, 9.17) is 21.7 Å². The molecule has 1 aromatic heterocycles. The van der Waals surface area contributed by atoms with Crippen LogP contribution in [0.2, 0.25) is 0 Å². The van der Waals surface area contributed by atoms with Gasteiger partial charge in [0.15, 0.2) is 5.11 Å². The Labute approximate surface area is 161 Å². The van der Waals surface area contributed by atoms with E-state index in [1.165, 1.54) is 14.2 Å². The maximum Gasteiger partial charge on any atom is 0.348 e. The summed E-state index contributed by atoms with van der Waals surface area (Å²) in [6, 6.07) is 9.79. The van der Waals surface area contributed by atoms with Gasteiger partial charge >= 0.3 is 11.9 Å². The van der Waals surface area contributed by atoms with E-state index in [0.717, 1.165) is 16.9 Å². The number of carbonyl (C=O) groups excluding carboxylic acids is 2. The summed E-state index contributed by atoms with van der Waals surface area (Å²) < 4.78 is 9.60. The maximum absolute atomic E-state index is 12.1. The van der Waals surface area contributed by atoms with Gasteiger partial charge in [0.25, 0.3) is 0 Å². The van der Waals surface area contributed by atoms with E-state index in [1.807, 2.05) is 37.3 Å². The van der Waals surface area contributed by atoms with Crippen molar-refractivity contribution in [2.75, 3.05) is 19.5 Å². The van der Waals surface area contributed by atoms with E-state index in [0.29, 0.717) is 20.6 Å². The van der Waals surface area contributed by atoms with Gasteiger partial charge in [0.1, 0.15) is 9.88 Å². The van der Waals surface area contributed by atoms with Crippen molar-refractivity contribution in [2.24, 2.45) is 0 Å². The Morgan fingerprint density at radius 1 is 1.12 bits per heavy atom. The number of nitrogens with one attached hydrogen (secondary N) is 2. The van der Waals surface area contributed by atoms with E-state index < -0.39 is 11.9 Å². The summed E-state index contributed by atoms with van der Waals surface area (Å²) in [5.74, 6) is -1.06. The van der Waals surface area contributed by atoms with Crippen molar-refractivity contribution in [3.63, 3.8) is 0 Å². The van der Waals surface area contributed by atoms with E-state index >= 15 is 0 Å². The fourth-order valence-corrected chi connectivity index (χ4v) is 3.86. The second-order valence-electron chi connectivity index (χ2n) is 5.47. The second-order valence-corrected chi connectivity index (χ2v) is 6.90. The second kappa shape index (κ2) is 8.77. The van der Waals surface area contributed by atoms with E-state index in [-0.39, 0.29) is 11.6 Å². The minimum absolute atomic E-state index is 0.0288. The average Bonchev–Trinajstić information content (AvgIpc) is 2.96. The Kier molecular flexibility index (Phi) is 6.70. The van der Waals surface area contributed by atoms with Gasteiger partial charge in [-0.2, -0.15) is 0 Å². The van der Waals surface area contributed by atoms with Crippen LogP contribution in [0.1, 0.15) is 44.1 Å². The zero-order valence-corrected chi connectivity index (χ0v) is 16.5. The summed E-state index contributed by atoms with van der Waals surface area (Å²) in [7, 11) is 2.58. The highest BCUT2D eigenvalue weighted by atomic mass is 32.1. The molecule has 0 unspecified atom stereocenters. The molecule has 26 heavy (non-hydrogen) atoms. The molecule has 0 spiro atoms. The first kappa shape index (κ1) is 19.9. The average molecular weight is 393 g/mol. The van der Waals surface area contributed by atoms with Crippen LogP contribution in [0.25, 0.3) is 0 Å². The molecule has 0 aliphatic heterocycles. The highest BCUT2D eigenvalue weighted by Crippen LogP contribution is 2.34. The maximum atomic E-state index is 12.1. The molecule has 0 aliphatic carbocycles. The summed E-state index contributed by atoms with van der Waals surface area (Å²) >= 11 is 6.46. The molecule has 0 radical (unpaired) electrons. The van der Waals surface area contributed by atoms with Crippen LogP contribution in [-0.4, -0.2) is 31.3 Å². The summed E-state index contributed by atoms with van der Waals surface area (Å²) in [4.78, 5) is 24.4. The molecule has 0 aliphatic rings. The minimum atomic E-state index is -0.546. The molecule has 2 N–H and O–H groups in total. The molecule has 2 aromatic rings. The Balaban J connectivity index is 2.23. The summed E-state index contributed by atoms with van der Waals surface area (Å²) in [5.41, 5.74) is 1.84. The lowest BCUT2D eigenvalue weighted by molar-refractivity contribution is 0.0601. The predicted octanol–water partition coefficient (Wildman–Crippen LogP) is 3.68. The number of thiocarbonyl (C=S) groups is 1. The molecule has 0 fully saturated rings. The molecule has 138 valence electrons. The zero-order chi connectivity index (χ0) is 19.3. The van der Waals surface area contributed by atoms with E-state index in [9.17, 15) is 9.59 Å². The van der Waals surface area contributed by atoms with Gasteiger partial charge in [-0.05, 0) is 37.2 Å². The number of esters is 2. The fraction of sp³-hybridized carbons (Fsp3) is 0.278. The third-order valence-corrected chi connectivity index (χ3v) is 5.19. The Bertz CT molecular complexity index is 818. The van der Waals surface area contributed by atoms with Crippen molar-refractivity contribution in [1.82, 2.24) is 5.32 Å². The Hall–Kier alpha value is -2.45. The van der Waals surface area contributed by atoms with Gasteiger partial charge < -0.3 is 20.1 Å².